The fraction of sp³-hybridized carbons (Fsp3) is 1.00. The van der Waals surface area contributed by atoms with Crippen LogP contribution < -0.4 is 5.32 Å². The van der Waals surface area contributed by atoms with Crippen LogP contribution in [0.15, 0.2) is 0 Å². The molecule has 16 heavy (non-hydrogen) atoms. The van der Waals surface area contributed by atoms with E-state index in [9.17, 15) is 0 Å². The molecule has 3 atom stereocenters. The second-order valence-corrected chi connectivity index (χ2v) is 5.99. The van der Waals surface area contributed by atoms with Gasteiger partial charge in [0.05, 0.1) is 0 Å². The first kappa shape index (κ1) is 11.0. The highest BCUT2D eigenvalue weighted by atomic mass is 15.3. The molecular weight excluding hydrogens is 198 g/mol. The van der Waals surface area contributed by atoms with Gasteiger partial charge in [-0.05, 0) is 52.7 Å². The molecule has 3 saturated heterocycles. The molecule has 0 aliphatic carbocycles. The minimum absolute atomic E-state index is 0.799. The molecule has 0 spiro atoms. The van der Waals surface area contributed by atoms with Crippen LogP contribution in [0.3, 0.4) is 0 Å². The normalized spacial score (nSPS) is 44.4. The Morgan fingerprint density at radius 3 is 2.31 bits per heavy atom. The maximum atomic E-state index is 3.49. The molecule has 1 N–H and O–H groups in total. The summed E-state index contributed by atoms with van der Waals surface area (Å²) in [6, 6.07) is 3.40. The van der Waals surface area contributed by atoms with Crippen molar-refractivity contribution in [2.45, 2.75) is 56.3 Å². The van der Waals surface area contributed by atoms with Crippen molar-refractivity contribution in [1.82, 2.24) is 15.1 Å². The topological polar surface area (TPSA) is 18.5 Å². The van der Waals surface area contributed by atoms with E-state index in [0.717, 1.165) is 24.2 Å². The second-order valence-electron chi connectivity index (χ2n) is 5.99. The summed E-state index contributed by atoms with van der Waals surface area (Å²) < 4.78 is 0. The Labute approximate surface area is 99.2 Å². The monoisotopic (exact) mass is 223 g/mol. The molecule has 3 aliphatic heterocycles. The van der Waals surface area contributed by atoms with Gasteiger partial charge in [-0.25, -0.2) is 0 Å². The van der Waals surface area contributed by atoms with Gasteiger partial charge in [-0.3, -0.25) is 4.90 Å². The Morgan fingerprint density at radius 1 is 1.06 bits per heavy atom. The molecule has 3 unspecified atom stereocenters. The summed E-state index contributed by atoms with van der Waals surface area (Å²) in [4.78, 5) is 5.32. The van der Waals surface area contributed by atoms with Gasteiger partial charge in [-0.1, -0.05) is 0 Å². The molecule has 0 aromatic heterocycles. The van der Waals surface area contributed by atoms with Gasteiger partial charge < -0.3 is 10.2 Å². The molecule has 3 fully saturated rings. The van der Waals surface area contributed by atoms with Crippen molar-refractivity contribution < 1.29 is 0 Å². The first-order valence-electron chi connectivity index (χ1n) is 6.90. The highest BCUT2D eigenvalue weighted by Gasteiger charge is 2.40. The predicted octanol–water partition coefficient (Wildman–Crippen LogP) is 0.905. The van der Waals surface area contributed by atoms with E-state index in [2.05, 4.69) is 29.2 Å². The molecule has 3 nitrogen and oxygen atoms in total. The van der Waals surface area contributed by atoms with Gasteiger partial charge in [0.25, 0.3) is 0 Å². The summed E-state index contributed by atoms with van der Waals surface area (Å²) in [7, 11) is 4.68. The summed E-state index contributed by atoms with van der Waals surface area (Å²) in [6.45, 7) is 2.42. The highest BCUT2D eigenvalue weighted by molar-refractivity contribution is 4.97. The quantitative estimate of drug-likeness (QED) is 0.750. The second kappa shape index (κ2) is 4.28. The number of piperidine rings is 1. The number of fused-ring (bicyclic) bond motifs is 2. The molecular formula is C13H25N3. The van der Waals surface area contributed by atoms with Crippen LogP contribution >= 0.6 is 0 Å². The maximum Gasteiger partial charge on any atom is 0.0232 e. The number of hydrogen-bond donors (Lipinski definition) is 1. The average Bonchev–Trinajstić information content (AvgIpc) is 2.85. The van der Waals surface area contributed by atoms with E-state index in [4.69, 9.17) is 0 Å². The van der Waals surface area contributed by atoms with Crippen molar-refractivity contribution in [2.24, 2.45) is 0 Å². The van der Waals surface area contributed by atoms with E-state index >= 15 is 0 Å². The number of nitrogens with one attached hydrogen (secondary N) is 1. The van der Waals surface area contributed by atoms with Gasteiger partial charge in [0.1, 0.15) is 0 Å². The summed E-state index contributed by atoms with van der Waals surface area (Å²) in [5.74, 6) is 0. The van der Waals surface area contributed by atoms with Crippen LogP contribution in [0, 0.1) is 0 Å². The zero-order valence-electron chi connectivity index (χ0n) is 10.7. The van der Waals surface area contributed by atoms with Crippen molar-refractivity contribution >= 4 is 0 Å². The lowest BCUT2D eigenvalue weighted by molar-refractivity contribution is 0.0708. The number of nitrogens with zero attached hydrogens (tertiary/aromatic N) is 2. The molecule has 3 heteroatoms. The van der Waals surface area contributed by atoms with E-state index in [-0.39, 0.29) is 0 Å². The van der Waals surface area contributed by atoms with Gasteiger partial charge in [-0.2, -0.15) is 0 Å². The lowest BCUT2D eigenvalue weighted by Crippen LogP contribution is -2.51. The number of hydrogen-bond acceptors (Lipinski definition) is 3. The Hall–Kier alpha value is -0.120. The number of likely N-dealkylation sites (N-methyl/N-ethyl adjacent to an activating group) is 1. The van der Waals surface area contributed by atoms with E-state index in [1.165, 1.54) is 45.2 Å². The molecule has 2 bridgehead atoms. The average molecular weight is 223 g/mol. The zero-order chi connectivity index (χ0) is 11.1. The Morgan fingerprint density at radius 2 is 1.75 bits per heavy atom. The molecule has 3 heterocycles. The molecule has 92 valence electrons. The summed E-state index contributed by atoms with van der Waals surface area (Å²) in [5, 5.41) is 3.49. The van der Waals surface area contributed by atoms with E-state index in [1.54, 1.807) is 0 Å². The largest absolute Gasteiger partial charge is 0.315 e. The van der Waals surface area contributed by atoms with Crippen molar-refractivity contribution in [1.29, 1.82) is 0 Å². The molecule has 0 radical (unpaired) electrons. The molecule has 0 aromatic rings. The summed E-state index contributed by atoms with van der Waals surface area (Å²) in [5.41, 5.74) is 0. The number of rotatable bonds is 2. The van der Waals surface area contributed by atoms with E-state index < -0.39 is 0 Å². The smallest absolute Gasteiger partial charge is 0.0232 e. The summed E-state index contributed by atoms with van der Waals surface area (Å²) >= 11 is 0. The first-order chi connectivity index (χ1) is 7.75. The highest BCUT2D eigenvalue weighted by Crippen LogP contribution is 2.36. The van der Waals surface area contributed by atoms with Crippen LogP contribution in [-0.2, 0) is 0 Å². The third kappa shape index (κ3) is 1.79. The molecule has 0 aromatic carbocycles. The van der Waals surface area contributed by atoms with Crippen LogP contribution in [0.4, 0.5) is 0 Å². The molecule has 0 saturated carbocycles. The Bertz CT molecular complexity index is 236. The fourth-order valence-corrected chi connectivity index (χ4v) is 4.00. The third-order valence-electron chi connectivity index (χ3n) is 5.26. The van der Waals surface area contributed by atoms with Crippen molar-refractivity contribution in [3.63, 3.8) is 0 Å². The van der Waals surface area contributed by atoms with E-state index in [0.29, 0.717) is 0 Å². The van der Waals surface area contributed by atoms with Crippen molar-refractivity contribution in [3.8, 4) is 0 Å². The fourth-order valence-electron chi connectivity index (χ4n) is 4.00. The van der Waals surface area contributed by atoms with Crippen LogP contribution in [0.2, 0.25) is 0 Å². The van der Waals surface area contributed by atoms with Crippen molar-refractivity contribution in [2.75, 3.05) is 27.2 Å². The first-order valence-corrected chi connectivity index (χ1v) is 6.90. The molecule has 0 amide bonds. The molecule has 3 rings (SSSR count). The predicted molar refractivity (Wildman–Crippen MR) is 66.6 cm³/mol. The van der Waals surface area contributed by atoms with Gasteiger partial charge in [-0.15, -0.1) is 0 Å². The van der Waals surface area contributed by atoms with Gasteiger partial charge in [0, 0.05) is 30.7 Å². The van der Waals surface area contributed by atoms with Crippen molar-refractivity contribution in [3.05, 3.63) is 0 Å². The van der Waals surface area contributed by atoms with Gasteiger partial charge >= 0.3 is 0 Å². The van der Waals surface area contributed by atoms with E-state index in [1.807, 2.05) is 0 Å². The SMILES string of the molecule is CN1C2CCC1CC(N(C)C1CCNC1)C2. The molecule has 3 aliphatic rings. The van der Waals surface area contributed by atoms with Gasteiger partial charge in [0.2, 0.25) is 0 Å². The summed E-state index contributed by atoms with van der Waals surface area (Å²) in [6.07, 6.45) is 7.03. The Kier molecular flexibility index (Phi) is 2.94. The van der Waals surface area contributed by atoms with Gasteiger partial charge in [0.15, 0.2) is 0 Å². The van der Waals surface area contributed by atoms with Crippen LogP contribution in [0.1, 0.15) is 32.1 Å². The lowest BCUT2D eigenvalue weighted by Gasteiger charge is -2.42. The standard InChI is InChI=1S/C13H25N3/c1-15-10-3-4-11(15)8-13(7-10)16(2)12-5-6-14-9-12/h10-14H,3-9H2,1-2H3. The maximum absolute atomic E-state index is 3.49. The van der Waals surface area contributed by atoms with Crippen LogP contribution in [0.25, 0.3) is 0 Å². The zero-order valence-corrected chi connectivity index (χ0v) is 10.7. The lowest BCUT2D eigenvalue weighted by atomic mass is 9.95. The minimum Gasteiger partial charge on any atom is -0.315 e. The van der Waals surface area contributed by atoms with Crippen LogP contribution in [0.5, 0.6) is 0 Å². The Balaban J connectivity index is 1.63. The third-order valence-corrected chi connectivity index (χ3v) is 5.26. The minimum atomic E-state index is 0.799. The van der Waals surface area contributed by atoms with Crippen LogP contribution in [-0.4, -0.2) is 61.2 Å².